The normalized spacial score (nSPS) is 16.9. The Labute approximate surface area is 194 Å². The second-order valence-corrected chi connectivity index (χ2v) is 8.65. The highest BCUT2D eigenvalue weighted by atomic mass is 16.5. The zero-order valence-electron chi connectivity index (χ0n) is 19.6. The molecule has 0 bridgehead atoms. The number of hydrogen-bond acceptors (Lipinski definition) is 6. The predicted molar refractivity (Wildman–Crippen MR) is 129 cm³/mol. The molecular weight excluding hydrogens is 414 g/mol. The number of allylic oxidation sites excluding steroid dienone is 4. The zero-order chi connectivity index (χ0) is 22.9. The first-order valence-electron chi connectivity index (χ1n) is 11.3. The maximum Gasteiger partial charge on any atom is 0.227 e. The molecule has 33 heavy (non-hydrogen) atoms. The highest BCUT2D eigenvalue weighted by molar-refractivity contribution is 5.73. The molecule has 0 amide bonds. The lowest BCUT2D eigenvalue weighted by molar-refractivity contribution is 0.264. The second-order valence-electron chi connectivity index (χ2n) is 8.65. The first-order valence-corrected chi connectivity index (χ1v) is 11.3. The molecule has 2 heterocycles. The molecule has 1 aromatic carbocycles. The predicted octanol–water partition coefficient (Wildman–Crippen LogP) is 4.77. The molecule has 0 saturated carbocycles. The second kappa shape index (κ2) is 8.73. The number of hydrogen-bond donors (Lipinski definition) is 1. The number of fused-ring (bicyclic) bond motifs is 3. The number of anilines is 2. The van der Waals surface area contributed by atoms with Crippen molar-refractivity contribution in [3.8, 4) is 17.0 Å². The minimum Gasteiger partial charge on any atom is -0.501 e. The molecule has 1 N–H and O–H groups in total. The van der Waals surface area contributed by atoms with E-state index in [9.17, 15) is 0 Å². The molecule has 0 saturated heterocycles. The van der Waals surface area contributed by atoms with Gasteiger partial charge in [0.2, 0.25) is 5.95 Å². The quantitative estimate of drug-likeness (QED) is 0.592. The van der Waals surface area contributed by atoms with E-state index in [0.29, 0.717) is 11.9 Å². The van der Waals surface area contributed by atoms with Crippen LogP contribution < -0.4 is 10.1 Å². The van der Waals surface area contributed by atoms with E-state index in [1.807, 2.05) is 42.2 Å². The average molecular weight is 444 g/mol. The lowest BCUT2D eigenvalue weighted by atomic mass is 9.86. The van der Waals surface area contributed by atoms with Gasteiger partial charge in [0.05, 0.1) is 42.7 Å². The van der Waals surface area contributed by atoms with Crippen LogP contribution in [0.3, 0.4) is 0 Å². The van der Waals surface area contributed by atoms with E-state index in [1.165, 1.54) is 11.3 Å². The number of benzene rings is 1. The molecule has 2 aliphatic carbocycles. The summed E-state index contributed by atoms with van der Waals surface area (Å²) in [5.41, 5.74) is 7.82. The number of aromatic nitrogens is 4. The highest BCUT2D eigenvalue weighted by Gasteiger charge is 2.28. The fraction of sp³-hybridized carbons (Fsp3) is 0.346. The summed E-state index contributed by atoms with van der Waals surface area (Å²) in [6.07, 6.45) is 9.79. The minimum atomic E-state index is 0.423. The fourth-order valence-electron chi connectivity index (χ4n) is 4.70. The van der Waals surface area contributed by atoms with Crippen LogP contribution in [-0.4, -0.2) is 34.0 Å². The van der Waals surface area contributed by atoms with Gasteiger partial charge in [-0.05, 0) is 42.5 Å². The summed E-state index contributed by atoms with van der Waals surface area (Å²) >= 11 is 0. The van der Waals surface area contributed by atoms with Crippen LogP contribution in [0.15, 0.2) is 53.9 Å². The standard InChI is InChI=1S/C26H29N5O2/c1-16-13-19(32-3)11-9-17(16)14-22-24-21(30-31(22)2)12-10-18-15-27-26(29-25(18)24)28-20-7-5-6-8-23(20)33-4/h5-9,11,15-16H,10,12-14H2,1-4H3,(H,27,28,29). The molecule has 2 aromatic heterocycles. The van der Waals surface area contributed by atoms with Crippen molar-refractivity contribution in [2.24, 2.45) is 13.0 Å². The largest absolute Gasteiger partial charge is 0.501 e. The van der Waals surface area contributed by atoms with Crippen LogP contribution in [-0.2, 0) is 31.0 Å². The zero-order valence-corrected chi connectivity index (χ0v) is 19.6. The molecule has 1 atom stereocenters. The minimum absolute atomic E-state index is 0.423. The molecule has 170 valence electrons. The Bertz CT molecular complexity index is 1260. The molecule has 0 fully saturated rings. The summed E-state index contributed by atoms with van der Waals surface area (Å²) in [6, 6.07) is 7.78. The summed E-state index contributed by atoms with van der Waals surface area (Å²) in [4.78, 5) is 9.53. The molecule has 7 heteroatoms. The molecule has 0 aliphatic heterocycles. The van der Waals surface area contributed by atoms with Gasteiger partial charge in [0.1, 0.15) is 5.75 Å². The summed E-state index contributed by atoms with van der Waals surface area (Å²) < 4.78 is 12.9. The SMILES string of the molecule is COC1=CC=C(Cc2c3c(nn2C)CCc2cnc(Nc4ccccc4OC)nc2-3)C(C)C1. The monoisotopic (exact) mass is 443 g/mol. The van der Waals surface area contributed by atoms with E-state index in [-0.39, 0.29) is 0 Å². The van der Waals surface area contributed by atoms with Gasteiger partial charge in [-0.1, -0.05) is 30.7 Å². The third kappa shape index (κ3) is 3.99. The van der Waals surface area contributed by atoms with Crippen molar-refractivity contribution in [2.45, 2.75) is 32.6 Å². The van der Waals surface area contributed by atoms with Crippen molar-refractivity contribution in [2.75, 3.05) is 19.5 Å². The molecular formula is C26H29N5O2. The lowest BCUT2D eigenvalue weighted by Gasteiger charge is -2.22. The molecule has 0 radical (unpaired) electrons. The van der Waals surface area contributed by atoms with Crippen LogP contribution >= 0.6 is 0 Å². The molecule has 2 aliphatic rings. The van der Waals surface area contributed by atoms with E-state index in [4.69, 9.17) is 19.6 Å². The Morgan fingerprint density at radius 2 is 1.97 bits per heavy atom. The van der Waals surface area contributed by atoms with Crippen molar-refractivity contribution < 1.29 is 9.47 Å². The van der Waals surface area contributed by atoms with E-state index >= 15 is 0 Å². The van der Waals surface area contributed by atoms with Crippen LogP contribution in [0.5, 0.6) is 5.75 Å². The van der Waals surface area contributed by atoms with Gasteiger partial charge in [-0.3, -0.25) is 4.68 Å². The van der Waals surface area contributed by atoms with Gasteiger partial charge in [0.25, 0.3) is 0 Å². The van der Waals surface area contributed by atoms with Crippen molar-refractivity contribution in [1.82, 2.24) is 19.7 Å². The maximum atomic E-state index is 5.47. The third-order valence-corrected chi connectivity index (χ3v) is 6.58. The highest BCUT2D eigenvalue weighted by Crippen LogP contribution is 2.38. The summed E-state index contributed by atoms with van der Waals surface area (Å²) in [7, 11) is 5.43. The fourth-order valence-corrected chi connectivity index (χ4v) is 4.70. The van der Waals surface area contributed by atoms with Gasteiger partial charge in [0.15, 0.2) is 0 Å². The number of methoxy groups -OCH3 is 2. The number of para-hydroxylation sites is 2. The van der Waals surface area contributed by atoms with Crippen LogP contribution in [0.4, 0.5) is 11.6 Å². The van der Waals surface area contributed by atoms with Crippen LogP contribution in [0.1, 0.15) is 30.3 Å². The molecule has 1 unspecified atom stereocenters. The molecule has 7 nitrogen and oxygen atoms in total. The van der Waals surface area contributed by atoms with Gasteiger partial charge in [-0.15, -0.1) is 0 Å². The van der Waals surface area contributed by atoms with Crippen molar-refractivity contribution in [1.29, 1.82) is 0 Å². The Balaban J connectivity index is 1.52. The molecule has 0 spiro atoms. The number of aryl methyl sites for hydroxylation is 3. The average Bonchev–Trinajstić information content (AvgIpc) is 3.16. The Morgan fingerprint density at radius 1 is 1.12 bits per heavy atom. The number of ether oxygens (including phenoxy) is 2. The maximum absolute atomic E-state index is 5.47. The summed E-state index contributed by atoms with van der Waals surface area (Å²) in [6.45, 7) is 2.26. The first kappa shape index (κ1) is 21.2. The molecule has 3 aromatic rings. The smallest absolute Gasteiger partial charge is 0.227 e. The van der Waals surface area contributed by atoms with Gasteiger partial charge in [-0.2, -0.15) is 5.10 Å². The number of rotatable bonds is 6. The van der Waals surface area contributed by atoms with Crippen LogP contribution in [0, 0.1) is 5.92 Å². The van der Waals surface area contributed by atoms with Gasteiger partial charge in [-0.25, -0.2) is 9.97 Å². The van der Waals surface area contributed by atoms with Crippen LogP contribution in [0.25, 0.3) is 11.3 Å². The summed E-state index contributed by atoms with van der Waals surface area (Å²) in [5.74, 6) is 2.76. The van der Waals surface area contributed by atoms with Crippen LogP contribution in [0.2, 0.25) is 0 Å². The lowest BCUT2D eigenvalue weighted by Crippen LogP contribution is -2.12. The van der Waals surface area contributed by atoms with E-state index < -0.39 is 0 Å². The molecule has 5 rings (SSSR count). The Hall–Kier alpha value is -3.61. The van der Waals surface area contributed by atoms with E-state index in [1.54, 1.807) is 14.2 Å². The van der Waals surface area contributed by atoms with Crippen molar-refractivity contribution in [3.05, 3.63) is 70.9 Å². The van der Waals surface area contributed by atoms with E-state index in [2.05, 4.69) is 29.4 Å². The Kier molecular flexibility index (Phi) is 5.62. The Morgan fingerprint density at radius 3 is 2.76 bits per heavy atom. The van der Waals surface area contributed by atoms with Gasteiger partial charge >= 0.3 is 0 Å². The van der Waals surface area contributed by atoms with Crippen molar-refractivity contribution in [3.63, 3.8) is 0 Å². The third-order valence-electron chi connectivity index (χ3n) is 6.58. The topological polar surface area (TPSA) is 74.1 Å². The first-order chi connectivity index (χ1) is 16.1. The number of nitrogens with zero attached hydrogens (tertiary/aromatic N) is 4. The summed E-state index contributed by atoms with van der Waals surface area (Å²) in [5, 5.41) is 8.18. The number of nitrogens with one attached hydrogen (secondary N) is 1. The van der Waals surface area contributed by atoms with E-state index in [0.717, 1.165) is 65.4 Å². The van der Waals surface area contributed by atoms with Gasteiger partial charge < -0.3 is 14.8 Å². The van der Waals surface area contributed by atoms with Gasteiger partial charge in [0, 0.05) is 31.6 Å². The van der Waals surface area contributed by atoms with Crippen molar-refractivity contribution >= 4 is 11.6 Å².